The van der Waals surface area contributed by atoms with Crippen molar-refractivity contribution in [3.63, 3.8) is 0 Å². The van der Waals surface area contributed by atoms with Crippen LogP contribution in [0.2, 0.25) is 0 Å². The monoisotopic (exact) mass is 219 g/mol. The average molecular weight is 219 g/mol. The number of nitrogens with zero attached hydrogens (tertiary/aromatic N) is 1. The Hall–Kier alpha value is -1.05. The molecule has 1 aliphatic carbocycles. The zero-order chi connectivity index (χ0) is 10.7. The lowest BCUT2D eigenvalue weighted by atomic mass is 10.1. The molecule has 3 heteroatoms. The highest BCUT2D eigenvalue weighted by molar-refractivity contribution is 7.99. The van der Waals surface area contributed by atoms with Gasteiger partial charge in [-0.25, -0.2) is 4.79 Å². The van der Waals surface area contributed by atoms with Crippen LogP contribution in [0.3, 0.4) is 0 Å². The van der Waals surface area contributed by atoms with Crippen LogP contribution in [0.1, 0.15) is 25.3 Å². The molecule has 0 heterocycles. The van der Waals surface area contributed by atoms with Crippen LogP contribution >= 0.6 is 11.8 Å². The Bertz CT molecular complexity index is 389. The Balaban J connectivity index is 2.20. The van der Waals surface area contributed by atoms with Crippen LogP contribution in [0.5, 0.6) is 0 Å². The van der Waals surface area contributed by atoms with Gasteiger partial charge in [-0.15, -0.1) is 11.8 Å². The van der Waals surface area contributed by atoms with Crippen molar-refractivity contribution >= 4 is 17.8 Å². The molecular weight excluding hydrogens is 206 g/mol. The highest BCUT2D eigenvalue weighted by atomic mass is 32.2. The standard InChI is InChI=1S/C12H13NOS/c1-2-15-11-5-3-10(4-6-11)12(7-8-12)13-9-14/h3-6H,2,7-8H2,1H3. The lowest BCUT2D eigenvalue weighted by Gasteiger charge is -2.08. The molecule has 0 amide bonds. The van der Waals surface area contributed by atoms with Crippen LogP contribution in [0.15, 0.2) is 34.2 Å². The third-order valence-corrected chi connectivity index (χ3v) is 3.58. The van der Waals surface area contributed by atoms with E-state index in [1.54, 1.807) is 6.08 Å². The maximum atomic E-state index is 10.3. The van der Waals surface area contributed by atoms with E-state index in [2.05, 4.69) is 36.2 Å². The van der Waals surface area contributed by atoms with E-state index in [1.165, 1.54) is 4.90 Å². The number of hydrogen-bond donors (Lipinski definition) is 0. The minimum absolute atomic E-state index is 0.225. The van der Waals surface area contributed by atoms with Crippen LogP contribution in [-0.4, -0.2) is 11.8 Å². The zero-order valence-electron chi connectivity index (χ0n) is 8.69. The van der Waals surface area contributed by atoms with Crippen LogP contribution in [0.25, 0.3) is 0 Å². The van der Waals surface area contributed by atoms with E-state index in [1.807, 2.05) is 11.8 Å². The molecular formula is C12H13NOS. The first-order valence-electron chi connectivity index (χ1n) is 5.13. The molecule has 0 aliphatic heterocycles. The number of aliphatic imine (C=N–C) groups is 1. The normalized spacial score (nSPS) is 16.9. The highest BCUT2D eigenvalue weighted by Crippen LogP contribution is 2.49. The van der Waals surface area contributed by atoms with Gasteiger partial charge in [0.15, 0.2) is 0 Å². The molecule has 1 aromatic carbocycles. The van der Waals surface area contributed by atoms with E-state index in [0.29, 0.717) is 0 Å². The SMILES string of the molecule is CCSc1ccc(C2(N=C=O)CC2)cc1. The van der Waals surface area contributed by atoms with Gasteiger partial charge in [-0.1, -0.05) is 19.1 Å². The number of benzene rings is 1. The third kappa shape index (κ3) is 2.14. The molecule has 1 aliphatic rings. The fraction of sp³-hybridized carbons (Fsp3) is 0.417. The topological polar surface area (TPSA) is 29.4 Å². The Kier molecular flexibility index (Phi) is 2.94. The molecule has 0 N–H and O–H groups in total. The van der Waals surface area contributed by atoms with Crippen molar-refractivity contribution in [1.82, 2.24) is 0 Å². The summed E-state index contributed by atoms with van der Waals surface area (Å²) in [6.07, 6.45) is 3.63. The first-order valence-corrected chi connectivity index (χ1v) is 6.12. The van der Waals surface area contributed by atoms with Gasteiger partial charge in [0, 0.05) is 4.90 Å². The summed E-state index contributed by atoms with van der Waals surface area (Å²) in [7, 11) is 0. The Morgan fingerprint density at radius 1 is 1.40 bits per heavy atom. The molecule has 0 radical (unpaired) electrons. The maximum absolute atomic E-state index is 10.3. The summed E-state index contributed by atoms with van der Waals surface area (Å²) in [6, 6.07) is 8.35. The van der Waals surface area contributed by atoms with E-state index < -0.39 is 0 Å². The van der Waals surface area contributed by atoms with Gasteiger partial charge in [0.05, 0.1) is 5.54 Å². The predicted molar refractivity (Wildman–Crippen MR) is 61.9 cm³/mol. The lowest BCUT2D eigenvalue weighted by Crippen LogP contribution is -2.01. The first kappa shape index (κ1) is 10.5. The van der Waals surface area contributed by atoms with Gasteiger partial charge in [-0.05, 0) is 36.3 Å². The molecule has 1 aromatic rings. The summed E-state index contributed by atoms with van der Waals surface area (Å²) >= 11 is 1.82. The van der Waals surface area contributed by atoms with Crippen LogP contribution in [0.4, 0.5) is 0 Å². The van der Waals surface area contributed by atoms with Crippen molar-refractivity contribution < 1.29 is 4.79 Å². The molecule has 0 aromatic heterocycles. The summed E-state index contributed by atoms with van der Waals surface area (Å²) in [4.78, 5) is 15.5. The number of thioether (sulfide) groups is 1. The molecule has 1 saturated carbocycles. The largest absolute Gasteiger partial charge is 0.235 e. The van der Waals surface area contributed by atoms with Crippen LogP contribution < -0.4 is 0 Å². The molecule has 0 spiro atoms. The highest BCUT2D eigenvalue weighted by Gasteiger charge is 2.44. The van der Waals surface area contributed by atoms with E-state index in [9.17, 15) is 4.79 Å². The van der Waals surface area contributed by atoms with Gasteiger partial charge >= 0.3 is 0 Å². The Labute approximate surface area is 93.8 Å². The van der Waals surface area contributed by atoms with E-state index >= 15 is 0 Å². The van der Waals surface area contributed by atoms with Crippen molar-refractivity contribution in [2.24, 2.45) is 4.99 Å². The minimum atomic E-state index is -0.225. The molecule has 1 fully saturated rings. The van der Waals surface area contributed by atoms with Gasteiger partial charge in [-0.2, -0.15) is 4.99 Å². The second-order valence-corrected chi connectivity index (χ2v) is 5.03. The fourth-order valence-corrected chi connectivity index (χ4v) is 2.36. The summed E-state index contributed by atoms with van der Waals surface area (Å²) in [5, 5.41) is 0. The molecule has 0 bridgehead atoms. The summed E-state index contributed by atoms with van der Waals surface area (Å²) < 4.78 is 0. The predicted octanol–water partition coefficient (Wildman–Crippen LogP) is 3.12. The lowest BCUT2D eigenvalue weighted by molar-refractivity contribution is 0.556. The van der Waals surface area contributed by atoms with Crippen molar-refractivity contribution in [2.75, 3.05) is 5.75 Å². The van der Waals surface area contributed by atoms with Gasteiger partial charge in [0.1, 0.15) is 0 Å². The van der Waals surface area contributed by atoms with E-state index in [-0.39, 0.29) is 5.54 Å². The van der Waals surface area contributed by atoms with Crippen LogP contribution in [0, 0.1) is 0 Å². The van der Waals surface area contributed by atoms with Gasteiger partial charge in [0.2, 0.25) is 6.08 Å². The maximum Gasteiger partial charge on any atom is 0.235 e. The fourth-order valence-electron chi connectivity index (χ4n) is 1.70. The molecule has 15 heavy (non-hydrogen) atoms. The van der Waals surface area contributed by atoms with Crippen molar-refractivity contribution in [1.29, 1.82) is 0 Å². The van der Waals surface area contributed by atoms with E-state index in [0.717, 1.165) is 24.2 Å². The van der Waals surface area contributed by atoms with Gasteiger partial charge in [-0.3, -0.25) is 0 Å². The number of carbonyl (C=O) groups excluding carboxylic acids is 1. The van der Waals surface area contributed by atoms with E-state index in [4.69, 9.17) is 0 Å². The van der Waals surface area contributed by atoms with Crippen molar-refractivity contribution in [2.45, 2.75) is 30.2 Å². The molecule has 0 saturated heterocycles. The number of rotatable bonds is 4. The summed E-state index contributed by atoms with van der Waals surface area (Å²) in [5.41, 5.74) is 0.920. The minimum Gasteiger partial charge on any atom is -0.211 e. The molecule has 0 unspecified atom stereocenters. The number of isocyanates is 1. The molecule has 78 valence electrons. The Morgan fingerprint density at radius 3 is 2.53 bits per heavy atom. The zero-order valence-corrected chi connectivity index (χ0v) is 9.51. The summed E-state index contributed by atoms with van der Waals surface area (Å²) in [6.45, 7) is 2.14. The molecule has 0 atom stereocenters. The van der Waals surface area contributed by atoms with Crippen molar-refractivity contribution in [3.05, 3.63) is 29.8 Å². The number of hydrogen-bond acceptors (Lipinski definition) is 3. The first-order chi connectivity index (χ1) is 7.30. The van der Waals surface area contributed by atoms with Gasteiger partial charge < -0.3 is 0 Å². The molecule has 2 rings (SSSR count). The van der Waals surface area contributed by atoms with Gasteiger partial charge in [0.25, 0.3) is 0 Å². The molecule has 2 nitrogen and oxygen atoms in total. The van der Waals surface area contributed by atoms with Crippen LogP contribution in [-0.2, 0) is 10.3 Å². The third-order valence-electron chi connectivity index (χ3n) is 2.69. The average Bonchev–Trinajstić information content (AvgIpc) is 3.01. The Morgan fingerprint density at radius 2 is 2.07 bits per heavy atom. The summed E-state index contributed by atoms with van der Waals surface area (Å²) in [5.74, 6) is 1.08. The second kappa shape index (κ2) is 4.21. The second-order valence-electron chi connectivity index (χ2n) is 3.69. The van der Waals surface area contributed by atoms with Crippen molar-refractivity contribution in [3.8, 4) is 0 Å². The quantitative estimate of drug-likeness (QED) is 0.442. The smallest absolute Gasteiger partial charge is 0.211 e.